The van der Waals surface area contributed by atoms with Gasteiger partial charge in [0, 0.05) is 0 Å². The molecule has 0 saturated heterocycles. The van der Waals surface area contributed by atoms with Gasteiger partial charge in [0.2, 0.25) is 0 Å². The first kappa shape index (κ1) is 7.15. The Labute approximate surface area is 43.2 Å². The van der Waals surface area contributed by atoms with Gasteiger partial charge in [0.05, 0.1) is 7.52 Å². The van der Waals surface area contributed by atoms with Crippen LogP contribution in [0, 0.1) is 0 Å². The summed E-state index contributed by atoms with van der Waals surface area (Å²) in [6.45, 7) is 1.60. The van der Waals surface area contributed by atoms with Crippen LogP contribution in [0.2, 0.25) is 0 Å². The molecule has 0 fully saturated rings. The first-order valence-electron chi connectivity index (χ1n) is 2.11. The van der Waals surface area contributed by atoms with E-state index in [4.69, 9.17) is 0 Å². The largest absolute Gasteiger partial charge is 0.788 e. The van der Waals surface area contributed by atoms with E-state index in [-0.39, 0.29) is 6.16 Å². The van der Waals surface area contributed by atoms with Gasteiger partial charge in [0.25, 0.3) is 0 Å². The molecule has 0 aliphatic carbocycles. The Balaban J connectivity index is 3.61. The smallest absolute Gasteiger partial charge is 0.0763 e. The van der Waals surface area contributed by atoms with Crippen LogP contribution in [0.1, 0.15) is 6.92 Å². The van der Waals surface area contributed by atoms with E-state index in [1.807, 2.05) is 0 Å². The summed E-state index contributed by atoms with van der Waals surface area (Å²) in [7, 11) is -1.74. The van der Waals surface area contributed by atoms with Gasteiger partial charge < -0.3 is 9.46 Å². The fraction of sp³-hybridized carbons (Fsp3) is 1.00. The predicted octanol–water partition coefficient (Wildman–Crippen LogP) is -0.221. The third-order valence-corrected chi connectivity index (χ3v) is 2.27. The van der Waals surface area contributed by atoms with E-state index in [2.05, 4.69) is 5.09 Å². The summed E-state index contributed by atoms with van der Waals surface area (Å²) < 4.78 is 10.3. The Morgan fingerprint density at radius 1 is 1.86 bits per heavy atom. The SMILES string of the molecule is CCP(=O)([O-])NC. The van der Waals surface area contributed by atoms with Gasteiger partial charge in [-0.3, -0.25) is 5.09 Å². The average Bonchev–Trinajstić information content (AvgIpc) is 1.68. The summed E-state index contributed by atoms with van der Waals surface area (Å²) in [5, 5.41) is 2.19. The lowest BCUT2D eigenvalue weighted by Gasteiger charge is -2.18. The minimum atomic E-state index is -3.15. The van der Waals surface area contributed by atoms with Gasteiger partial charge in [-0.15, -0.1) is 0 Å². The van der Waals surface area contributed by atoms with Gasteiger partial charge in [0.1, 0.15) is 0 Å². The maximum atomic E-state index is 10.3. The van der Waals surface area contributed by atoms with Crippen molar-refractivity contribution < 1.29 is 9.46 Å². The summed E-state index contributed by atoms with van der Waals surface area (Å²) in [5.41, 5.74) is 0. The van der Waals surface area contributed by atoms with Crippen LogP contribution >= 0.6 is 7.52 Å². The standard InChI is InChI=1S/C3H10NO2P/c1-3-7(5,6)4-2/h3H2,1-2H3,(H2,4,5,6)/p-1. The molecule has 0 spiro atoms. The second kappa shape index (κ2) is 2.46. The van der Waals surface area contributed by atoms with Crippen LogP contribution in [-0.2, 0) is 4.57 Å². The molecule has 7 heavy (non-hydrogen) atoms. The highest BCUT2D eigenvalue weighted by molar-refractivity contribution is 7.54. The highest BCUT2D eigenvalue weighted by Crippen LogP contribution is 2.26. The average molecular weight is 122 g/mol. The molecular weight excluding hydrogens is 113 g/mol. The van der Waals surface area contributed by atoms with E-state index >= 15 is 0 Å². The van der Waals surface area contributed by atoms with Gasteiger partial charge >= 0.3 is 0 Å². The van der Waals surface area contributed by atoms with E-state index in [9.17, 15) is 9.46 Å². The lowest BCUT2D eigenvalue weighted by Crippen LogP contribution is -2.15. The summed E-state index contributed by atoms with van der Waals surface area (Å²) in [6, 6.07) is 0. The molecule has 4 heteroatoms. The van der Waals surface area contributed by atoms with Crippen LogP contribution in [0.5, 0.6) is 0 Å². The fourth-order valence-corrected chi connectivity index (χ4v) is 0.474. The third kappa shape index (κ3) is 2.80. The summed E-state index contributed by atoms with van der Waals surface area (Å²) in [6.07, 6.45) is 0.184. The molecule has 44 valence electrons. The highest BCUT2D eigenvalue weighted by Gasteiger charge is 1.94. The van der Waals surface area contributed by atoms with Crippen LogP contribution in [-0.4, -0.2) is 13.2 Å². The van der Waals surface area contributed by atoms with Crippen molar-refractivity contribution in [2.24, 2.45) is 0 Å². The molecule has 0 radical (unpaired) electrons. The molecule has 0 aliphatic rings. The molecule has 0 bridgehead atoms. The van der Waals surface area contributed by atoms with Crippen molar-refractivity contribution >= 4 is 7.52 Å². The van der Waals surface area contributed by atoms with Crippen LogP contribution in [0.25, 0.3) is 0 Å². The molecule has 0 heterocycles. The minimum Gasteiger partial charge on any atom is -0.788 e. The van der Waals surface area contributed by atoms with Crippen LogP contribution < -0.4 is 9.98 Å². The van der Waals surface area contributed by atoms with Gasteiger partial charge in [-0.25, -0.2) is 0 Å². The van der Waals surface area contributed by atoms with Crippen molar-refractivity contribution in [3.63, 3.8) is 0 Å². The number of nitrogens with one attached hydrogen (secondary N) is 1. The Morgan fingerprint density at radius 3 is 2.29 bits per heavy atom. The maximum absolute atomic E-state index is 10.3. The molecule has 1 atom stereocenters. The molecular formula is C3H9NO2P-. The molecule has 0 aromatic rings. The van der Waals surface area contributed by atoms with Gasteiger partial charge in [-0.05, 0) is 13.2 Å². The van der Waals surface area contributed by atoms with Gasteiger partial charge in [-0.1, -0.05) is 6.92 Å². The van der Waals surface area contributed by atoms with Crippen molar-refractivity contribution in [1.29, 1.82) is 0 Å². The second-order valence-corrected chi connectivity index (χ2v) is 3.64. The number of hydrogen-bond donors (Lipinski definition) is 1. The summed E-state index contributed by atoms with van der Waals surface area (Å²) >= 11 is 0. The fourth-order valence-electron chi connectivity index (χ4n) is 0.158. The lowest BCUT2D eigenvalue weighted by atomic mass is 11.0. The molecule has 0 aromatic heterocycles. The number of rotatable bonds is 2. The minimum absolute atomic E-state index is 0.184. The Kier molecular flexibility index (Phi) is 2.51. The van der Waals surface area contributed by atoms with Crippen molar-refractivity contribution in [1.82, 2.24) is 5.09 Å². The van der Waals surface area contributed by atoms with E-state index in [0.717, 1.165) is 0 Å². The molecule has 1 N–H and O–H groups in total. The van der Waals surface area contributed by atoms with Gasteiger partial charge in [0.15, 0.2) is 0 Å². The molecule has 0 amide bonds. The molecule has 1 unspecified atom stereocenters. The third-order valence-electron chi connectivity index (χ3n) is 0.757. The second-order valence-electron chi connectivity index (χ2n) is 1.21. The summed E-state index contributed by atoms with van der Waals surface area (Å²) in [4.78, 5) is 10.3. The van der Waals surface area contributed by atoms with E-state index in [1.54, 1.807) is 6.92 Å². The Bertz CT molecular complexity index is 84.9. The zero-order chi connectivity index (χ0) is 5.91. The molecule has 0 aliphatic heterocycles. The van der Waals surface area contributed by atoms with E-state index in [0.29, 0.717) is 0 Å². The lowest BCUT2D eigenvalue weighted by molar-refractivity contribution is -0.177. The predicted molar refractivity (Wildman–Crippen MR) is 27.2 cm³/mol. The Morgan fingerprint density at radius 2 is 2.29 bits per heavy atom. The van der Waals surface area contributed by atoms with E-state index < -0.39 is 7.52 Å². The van der Waals surface area contributed by atoms with Crippen LogP contribution in [0.15, 0.2) is 0 Å². The molecule has 0 saturated carbocycles. The Hall–Kier alpha value is 0.150. The quantitative estimate of drug-likeness (QED) is 0.515. The maximum Gasteiger partial charge on any atom is 0.0763 e. The normalized spacial score (nSPS) is 18.7. The molecule has 0 aromatic carbocycles. The van der Waals surface area contributed by atoms with Crippen molar-refractivity contribution in [2.45, 2.75) is 6.92 Å². The van der Waals surface area contributed by atoms with Crippen LogP contribution in [0.3, 0.4) is 0 Å². The van der Waals surface area contributed by atoms with Crippen LogP contribution in [0.4, 0.5) is 0 Å². The number of hydrogen-bond acceptors (Lipinski definition) is 2. The molecule has 3 nitrogen and oxygen atoms in total. The first-order chi connectivity index (χ1) is 3.12. The highest BCUT2D eigenvalue weighted by atomic mass is 31.2. The zero-order valence-corrected chi connectivity index (χ0v) is 5.37. The molecule has 0 rings (SSSR count). The summed E-state index contributed by atoms with van der Waals surface area (Å²) in [5.74, 6) is 0. The topological polar surface area (TPSA) is 52.2 Å². The van der Waals surface area contributed by atoms with Crippen molar-refractivity contribution in [2.75, 3.05) is 13.2 Å². The van der Waals surface area contributed by atoms with Crippen molar-refractivity contribution in [3.05, 3.63) is 0 Å². The zero-order valence-electron chi connectivity index (χ0n) is 4.47. The first-order valence-corrected chi connectivity index (χ1v) is 3.92. The monoisotopic (exact) mass is 122 g/mol. The van der Waals surface area contributed by atoms with Gasteiger partial charge in [-0.2, -0.15) is 0 Å². The van der Waals surface area contributed by atoms with E-state index in [1.165, 1.54) is 7.05 Å². The van der Waals surface area contributed by atoms with Crippen molar-refractivity contribution in [3.8, 4) is 0 Å².